The van der Waals surface area contributed by atoms with E-state index in [1.165, 1.54) is 0 Å². The van der Waals surface area contributed by atoms with Gasteiger partial charge in [-0.2, -0.15) is 11.8 Å². The first kappa shape index (κ1) is 16.6. The number of aliphatic hydroxyl groups is 1. The van der Waals surface area contributed by atoms with E-state index in [1.807, 2.05) is 13.2 Å². The molecular formula is C12H26N2O2S. The maximum atomic E-state index is 11.6. The summed E-state index contributed by atoms with van der Waals surface area (Å²) < 4.78 is 0. The molecule has 0 heterocycles. The van der Waals surface area contributed by atoms with Crippen LogP contribution in [0.2, 0.25) is 0 Å². The zero-order valence-electron chi connectivity index (χ0n) is 11.5. The van der Waals surface area contributed by atoms with Gasteiger partial charge in [0.1, 0.15) is 0 Å². The van der Waals surface area contributed by atoms with Crippen LogP contribution < -0.4 is 10.6 Å². The van der Waals surface area contributed by atoms with Gasteiger partial charge in [0.2, 0.25) is 0 Å². The molecule has 0 saturated heterocycles. The Hall–Kier alpha value is -0.420. The highest BCUT2D eigenvalue weighted by molar-refractivity contribution is 7.98. The SMILES string of the molecule is CCC(C)C(C)NC(=O)NCC(C)(O)CSC. The number of hydrogen-bond acceptors (Lipinski definition) is 3. The van der Waals surface area contributed by atoms with Gasteiger partial charge in [0.25, 0.3) is 0 Å². The van der Waals surface area contributed by atoms with Crippen LogP contribution in [0.5, 0.6) is 0 Å². The molecule has 0 aliphatic carbocycles. The maximum Gasteiger partial charge on any atom is 0.315 e. The highest BCUT2D eigenvalue weighted by Gasteiger charge is 2.21. The summed E-state index contributed by atoms with van der Waals surface area (Å²) in [5, 5.41) is 15.5. The summed E-state index contributed by atoms with van der Waals surface area (Å²) in [7, 11) is 0. The largest absolute Gasteiger partial charge is 0.387 e. The molecule has 0 radical (unpaired) electrons. The predicted octanol–water partition coefficient (Wildman–Crippen LogP) is 1.83. The van der Waals surface area contributed by atoms with Crippen LogP contribution >= 0.6 is 11.8 Å². The Morgan fingerprint density at radius 3 is 2.53 bits per heavy atom. The molecule has 0 fully saturated rings. The number of carbonyl (C=O) groups excluding carboxylic acids is 1. The standard InChI is InChI=1S/C12H26N2O2S/c1-6-9(2)10(3)14-11(15)13-7-12(4,16)8-17-5/h9-10,16H,6-8H2,1-5H3,(H2,13,14,15). The van der Waals surface area contributed by atoms with Gasteiger partial charge < -0.3 is 15.7 Å². The Bertz CT molecular complexity index is 235. The second-order valence-corrected chi connectivity index (χ2v) is 5.80. The molecule has 0 aliphatic heterocycles. The molecule has 0 aliphatic rings. The number of hydrogen-bond donors (Lipinski definition) is 3. The highest BCUT2D eigenvalue weighted by Crippen LogP contribution is 2.09. The van der Waals surface area contributed by atoms with Crippen molar-refractivity contribution in [1.82, 2.24) is 10.6 Å². The van der Waals surface area contributed by atoms with Crippen molar-refractivity contribution in [1.29, 1.82) is 0 Å². The molecule has 0 aromatic carbocycles. The third-order valence-electron chi connectivity index (χ3n) is 2.94. The first-order chi connectivity index (χ1) is 7.82. The number of rotatable bonds is 7. The van der Waals surface area contributed by atoms with Crippen LogP contribution in [0.25, 0.3) is 0 Å². The summed E-state index contributed by atoms with van der Waals surface area (Å²) >= 11 is 1.56. The Kier molecular flexibility index (Phi) is 7.63. The van der Waals surface area contributed by atoms with Crippen molar-refractivity contribution < 1.29 is 9.90 Å². The maximum absolute atomic E-state index is 11.6. The molecule has 0 spiro atoms. The predicted molar refractivity (Wildman–Crippen MR) is 74.5 cm³/mol. The zero-order chi connectivity index (χ0) is 13.5. The van der Waals surface area contributed by atoms with E-state index in [-0.39, 0.29) is 18.6 Å². The fourth-order valence-corrected chi connectivity index (χ4v) is 2.11. The summed E-state index contributed by atoms with van der Waals surface area (Å²) in [6.45, 7) is 8.20. The third-order valence-corrected chi connectivity index (χ3v) is 3.85. The Morgan fingerprint density at radius 1 is 1.47 bits per heavy atom. The van der Waals surface area contributed by atoms with Gasteiger partial charge in [-0.1, -0.05) is 20.3 Å². The molecule has 0 aromatic rings. The molecule has 17 heavy (non-hydrogen) atoms. The third kappa shape index (κ3) is 7.49. The molecule has 0 rings (SSSR count). The van der Waals surface area contributed by atoms with Gasteiger partial charge in [0, 0.05) is 18.3 Å². The van der Waals surface area contributed by atoms with Gasteiger partial charge >= 0.3 is 6.03 Å². The van der Waals surface area contributed by atoms with E-state index < -0.39 is 5.60 Å². The summed E-state index contributed by atoms with van der Waals surface area (Å²) in [6, 6.07) is -0.0651. The van der Waals surface area contributed by atoms with Crippen LogP contribution in [0.15, 0.2) is 0 Å². The quantitative estimate of drug-likeness (QED) is 0.656. The summed E-state index contributed by atoms with van der Waals surface area (Å²) in [4.78, 5) is 11.6. The Morgan fingerprint density at radius 2 is 2.06 bits per heavy atom. The number of carbonyl (C=O) groups is 1. The van der Waals surface area contributed by atoms with E-state index in [2.05, 4.69) is 24.5 Å². The molecule has 0 bridgehead atoms. The van der Waals surface area contributed by atoms with Crippen molar-refractivity contribution in [3.8, 4) is 0 Å². The van der Waals surface area contributed by atoms with Crippen molar-refractivity contribution in [2.45, 2.75) is 45.8 Å². The van der Waals surface area contributed by atoms with Gasteiger partial charge in [0.15, 0.2) is 0 Å². The fraction of sp³-hybridized carbons (Fsp3) is 0.917. The lowest BCUT2D eigenvalue weighted by Crippen LogP contribution is -2.49. The minimum absolute atomic E-state index is 0.144. The van der Waals surface area contributed by atoms with Crippen molar-refractivity contribution in [2.24, 2.45) is 5.92 Å². The van der Waals surface area contributed by atoms with Gasteiger partial charge in [0.05, 0.1) is 5.60 Å². The monoisotopic (exact) mass is 262 g/mol. The van der Waals surface area contributed by atoms with Crippen molar-refractivity contribution in [2.75, 3.05) is 18.6 Å². The van der Waals surface area contributed by atoms with Crippen LogP contribution in [-0.4, -0.2) is 41.3 Å². The van der Waals surface area contributed by atoms with Gasteiger partial charge in [-0.3, -0.25) is 0 Å². The van der Waals surface area contributed by atoms with Gasteiger partial charge in [-0.25, -0.2) is 4.79 Å². The fourth-order valence-electron chi connectivity index (χ4n) is 1.39. The lowest BCUT2D eigenvalue weighted by Gasteiger charge is -2.24. The van der Waals surface area contributed by atoms with E-state index in [4.69, 9.17) is 0 Å². The van der Waals surface area contributed by atoms with Crippen molar-refractivity contribution >= 4 is 17.8 Å². The van der Waals surface area contributed by atoms with Crippen LogP contribution in [0.1, 0.15) is 34.1 Å². The van der Waals surface area contributed by atoms with Gasteiger partial charge in [-0.05, 0) is 26.0 Å². The van der Waals surface area contributed by atoms with Crippen LogP contribution in [0.4, 0.5) is 4.79 Å². The zero-order valence-corrected chi connectivity index (χ0v) is 12.4. The number of thioether (sulfide) groups is 1. The van der Waals surface area contributed by atoms with E-state index in [9.17, 15) is 9.90 Å². The molecular weight excluding hydrogens is 236 g/mol. The lowest BCUT2D eigenvalue weighted by atomic mass is 10.0. The topological polar surface area (TPSA) is 61.4 Å². The summed E-state index contributed by atoms with van der Waals surface area (Å²) in [5.74, 6) is 1.06. The van der Waals surface area contributed by atoms with Crippen LogP contribution in [-0.2, 0) is 0 Å². The molecule has 102 valence electrons. The average molecular weight is 262 g/mol. The highest BCUT2D eigenvalue weighted by atomic mass is 32.2. The Labute approximate surface area is 109 Å². The number of nitrogens with one attached hydrogen (secondary N) is 2. The lowest BCUT2D eigenvalue weighted by molar-refractivity contribution is 0.0867. The Balaban J connectivity index is 3.95. The van der Waals surface area contributed by atoms with Crippen molar-refractivity contribution in [3.05, 3.63) is 0 Å². The molecule has 3 unspecified atom stereocenters. The van der Waals surface area contributed by atoms with Crippen LogP contribution in [0.3, 0.4) is 0 Å². The van der Waals surface area contributed by atoms with E-state index in [0.717, 1.165) is 6.42 Å². The normalized spacial score (nSPS) is 18.0. The second-order valence-electron chi connectivity index (χ2n) is 4.93. The molecule has 0 saturated carbocycles. The molecule has 4 nitrogen and oxygen atoms in total. The van der Waals surface area contributed by atoms with Crippen molar-refractivity contribution in [3.63, 3.8) is 0 Å². The first-order valence-corrected chi connectivity index (χ1v) is 7.47. The molecule has 3 N–H and O–H groups in total. The molecule has 0 aromatic heterocycles. The molecule has 2 amide bonds. The molecule has 3 atom stereocenters. The molecule has 5 heteroatoms. The number of amides is 2. The van der Waals surface area contributed by atoms with E-state index >= 15 is 0 Å². The summed E-state index contributed by atoms with van der Waals surface area (Å²) in [6.07, 6.45) is 2.96. The first-order valence-electron chi connectivity index (χ1n) is 6.08. The average Bonchev–Trinajstić information content (AvgIpc) is 2.25. The minimum atomic E-state index is -0.851. The minimum Gasteiger partial charge on any atom is -0.387 e. The summed E-state index contributed by atoms with van der Waals surface area (Å²) in [5.41, 5.74) is -0.851. The van der Waals surface area contributed by atoms with E-state index in [0.29, 0.717) is 11.7 Å². The van der Waals surface area contributed by atoms with Crippen LogP contribution in [0, 0.1) is 5.92 Å². The van der Waals surface area contributed by atoms with Gasteiger partial charge in [-0.15, -0.1) is 0 Å². The van der Waals surface area contributed by atoms with E-state index in [1.54, 1.807) is 18.7 Å². The second kappa shape index (κ2) is 7.82. The smallest absolute Gasteiger partial charge is 0.315 e. The number of urea groups is 1.